The zero-order chi connectivity index (χ0) is 32.3. The molecule has 6 rings (SSSR count). The molecule has 12 heteroatoms. The van der Waals surface area contributed by atoms with E-state index >= 15 is 0 Å². The van der Waals surface area contributed by atoms with E-state index in [0.717, 1.165) is 76.3 Å². The fourth-order valence-corrected chi connectivity index (χ4v) is 7.82. The highest BCUT2D eigenvalue weighted by atomic mass is 35.5. The highest BCUT2D eigenvalue weighted by Crippen LogP contribution is 2.42. The van der Waals surface area contributed by atoms with Gasteiger partial charge in [-0.1, -0.05) is 31.2 Å². The second kappa shape index (κ2) is 11.9. The number of alkyl carbamates (subject to hydrolysis) is 1. The van der Waals surface area contributed by atoms with Gasteiger partial charge in [0.2, 0.25) is 0 Å². The van der Waals surface area contributed by atoms with Crippen LogP contribution in [0.2, 0.25) is 30.7 Å². The van der Waals surface area contributed by atoms with Crippen molar-refractivity contribution in [1.29, 1.82) is 0 Å². The third-order valence-electron chi connectivity index (χ3n) is 8.83. The SMILES string of the molecule is Cc1cc(-c2cn(COCC[Si](C)(C)C)c3nc(N4C5CCC4CC(NC(=O)OC(C)(C)C)C5)cnc23)c(Cl)c2cn(C)nc12. The van der Waals surface area contributed by atoms with Crippen LogP contribution in [0.1, 0.15) is 52.0 Å². The van der Waals surface area contributed by atoms with Gasteiger partial charge in [0, 0.05) is 68.8 Å². The van der Waals surface area contributed by atoms with Crippen LogP contribution in [0.25, 0.3) is 33.2 Å². The largest absolute Gasteiger partial charge is 0.444 e. The molecule has 2 saturated heterocycles. The average molecular weight is 652 g/mol. The summed E-state index contributed by atoms with van der Waals surface area (Å²) in [4.78, 5) is 25.2. The minimum absolute atomic E-state index is 0.0771. The van der Waals surface area contributed by atoms with E-state index in [4.69, 9.17) is 31.0 Å². The second-order valence-corrected chi connectivity index (χ2v) is 21.0. The molecule has 1 N–H and O–H groups in total. The Morgan fingerprint density at radius 1 is 1.11 bits per heavy atom. The van der Waals surface area contributed by atoms with Crippen molar-refractivity contribution in [3.05, 3.63) is 35.2 Å². The third kappa shape index (κ3) is 6.71. The number of aromatic nitrogens is 5. The fourth-order valence-electron chi connectivity index (χ4n) is 6.77. The summed E-state index contributed by atoms with van der Waals surface area (Å²) in [5.74, 6) is 0.865. The highest BCUT2D eigenvalue weighted by molar-refractivity contribution is 6.76. The number of carbonyl (C=O) groups excluding carboxylic acids is 1. The molecule has 5 heterocycles. The zero-order valence-electron chi connectivity index (χ0n) is 27.8. The van der Waals surface area contributed by atoms with Gasteiger partial charge in [0.15, 0.2) is 5.65 Å². The molecule has 1 aromatic carbocycles. The Labute approximate surface area is 271 Å². The number of hydrogen-bond acceptors (Lipinski definition) is 7. The van der Waals surface area contributed by atoms with E-state index in [-0.39, 0.29) is 24.2 Å². The number of hydrogen-bond donors (Lipinski definition) is 1. The molecule has 0 saturated carbocycles. The second-order valence-electron chi connectivity index (χ2n) is 15.0. The van der Waals surface area contributed by atoms with Crippen molar-refractivity contribution in [3.8, 4) is 11.1 Å². The molecule has 2 aliphatic rings. The number of benzene rings is 1. The first kappa shape index (κ1) is 31.8. The Bertz CT molecular complexity index is 1720. The summed E-state index contributed by atoms with van der Waals surface area (Å²) < 4.78 is 15.6. The molecule has 1 amide bonds. The van der Waals surface area contributed by atoms with Crippen LogP contribution in [-0.4, -0.2) is 68.8 Å². The van der Waals surface area contributed by atoms with Crippen molar-refractivity contribution >= 4 is 53.7 Å². The lowest BCUT2D eigenvalue weighted by Gasteiger charge is -2.39. The maximum absolute atomic E-state index is 12.5. The topological polar surface area (TPSA) is 99.3 Å². The molecule has 2 unspecified atom stereocenters. The van der Waals surface area contributed by atoms with Gasteiger partial charge in [-0.25, -0.2) is 14.8 Å². The maximum atomic E-state index is 12.5. The average Bonchev–Trinajstić information content (AvgIpc) is 3.58. The van der Waals surface area contributed by atoms with Crippen LogP contribution in [0.3, 0.4) is 0 Å². The molecule has 2 atom stereocenters. The van der Waals surface area contributed by atoms with Crippen LogP contribution in [0.4, 0.5) is 10.6 Å². The lowest BCUT2D eigenvalue weighted by molar-refractivity contribution is 0.0492. The monoisotopic (exact) mass is 651 g/mol. The molecule has 0 radical (unpaired) electrons. The molecule has 242 valence electrons. The first-order valence-electron chi connectivity index (χ1n) is 16.0. The lowest BCUT2D eigenvalue weighted by Crippen LogP contribution is -2.51. The van der Waals surface area contributed by atoms with Gasteiger partial charge in [0.05, 0.1) is 16.7 Å². The number of halogens is 1. The summed E-state index contributed by atoms with van der Waals surface area (Å²) in [5, 5.41) is 9.30. The number of anilines is 1. The summed E-state index contributed by atoms with van der Waals surface area (Å²) in [6.07, 6.45) is 9.41. The van der Waals surface area contributed by atoms with Gasteiger partial charge in [-0.15, -0.1) is 0 Å². The standard InChI is InChI=1S/C33H46ClN7O3Si/c1-20-13-24(28(34)26-17-39(5)38-29(20)26)25-18-40(19-43-11-12-45(6,7)8)31-30(25)35-16-27(37-31)41-22-9-10-23(41)15-21(14-22)36-32(42)44-33(2,3)4/h13,16-18,21-23H,9-12,14-15,19H2,1-8H3,(H,36,42). The number of piperidine rings is 1. The number of aryl methyl sites for hydroxylation is 2. The minimum Gasteiger partial charge on any atom is -0.444 e. The summed E-state index contributed by atoms with van der Waals surface area (Å²) in [6.45, 7) is 15.9. The minimum atomic E-state index is -1.23. The first-order valence-corrected chi connectivity index (χ1v) is 20.1. The Morgan fingerprint density at radius 3 is 2.49 bits per heavy atom. The van der Waals surface area contributed by atoms with Crippen LogP contribution < -0.4 is 10.2 Å². The normalized spacial score (nSPS) is 20.4. The Morgan fingerprint density at radius 2 is 1.82 bits per heavy atom. The molecule has 4 aromatic rings. The molecule has 0 spiro atoms. The van der Waals surface area contributed by atoms with Gasteiger partial charge < -0.3 is 24.3 Å². The van der Waals surface area contributed by atoms with E-state index in [1.165, 1.54) is 0 Å². The van der Waals surface area contributed by atoms with Crippen molar-refractivity contribution in [2.75, 3.05) is 11.5 Å². The smallest absolute Gasteiger partial charge is 0.407 e. The van der Waals surface area contributed by atoms with Gasteiger partial charge in [0.1, 0.15) is 23.7 Å². The highest BCUT2D eigenvalue weighted by Gasteiger charge is 2.42. The van der Waals surface area contributed by atoms with Gasteiger partial charge in [0.25, 0.3) is 0 Å². The third-order valence-corrected chi connectivity index (χ3v) is 10.9. The first-order chi connectivity index (χ1) is 21.2. The molecule has 2 aliphatic heterocycles. The predicted octanol–water partition coefficient (Wildman–Crippen LogP) is 7.28. The van der Waals surface area contributed by atoms with Crippen LogP contribution in [-0.2, 0) is 23.3 Å². The predicted molar refractivity (Wildman–Crippen MR) is 183 cm³/mol. The number of nitrogens with one attached hydrogen (secondary N) is 1. The van der Waals surface area contributed by atoms with Crippen molar-refractivity contribution in [2.45, 2.75) is 110 Å². The summed E-state index contributed by atoms with van der Waals surface area (Å²) in [6, 6.07) is 3.82. The van der Waals surface area contributed by atoms with Crippen molar-refractivity contribution in [3.63, 3.8) is 0 Å². The van der Waals surface area contributed by atoms with Gasteiger partial charge >= 0.3 is 6.09 Å². The molecule has 10 nitrogen and oxygen atoms in total. The molecule has 45 heavy (non-hydrogen) atoms. The van der Waals surface area contributed by atoms with Crippen molar-refractivity contribution < 1.29 is 14.3 Å². The van der Waals surface area contributed by atoms with E-state index < -0.39 is 13.7 Å². The van der Waals surface area contributed by atoms with Crippen LogP contribution in [0.5, 0.6) is 0 Å². The van der Waals surface area contributed by atoms with Gasteiger partial charge in [-0.05, 0) is 71.1 Å². The number of fused-ring (bicyclic) bond motifs is 4. The quantitative estimate of drug-likeness (QED) is 0.158. The number of carbonyl (C=O) groups is 1. The summed E-state index contributed by atoms with van der Waals surface area (Å²) in [5.41, 5.74) is 4.86. The Balaban J connectivity index is 1.32. The van der Waals surface area contributed by atoms with E-state index in [0.29, 0.717) is 18.4 Å². The molecule has 3 aromatic heterocycles. The van der Waals surface area contributed by atoms with Crippen molar-refractivity contribution in [2.24, 2.45) is 7.05 Å². The lowest BCUT2D eigenvalue weighted by atomic mass is 9.97. The molecule has 2 fully saturated rings. The molecular weight excluding hydrogens is 606 g/mol. The molecular formula is C33H46ClN7O3Si. The maximum Gasteiger partial charge on any atom is 0.407 e. The molecule has 0 aliphatic carbocycles. The summed E-state index contributed by atoms with van der Waals surface area (Å²) in [7, 11) is 0.682. The Hall–Kier alpha value is -3.15. The fraction of sp³-hybridized carbons (Fsp3) is 0.576. The van der Waals surface area contributed by atoms with Gasteiger partial charge in [-0.2, -0.15) is 5.10 Å². The van der Waals surface area contributed by atoms with E-state index in [1.807, 2.05) is 40.2 Å². The number of rotatable bonds is 8. The van der Waals surface area contributed by atoms with Gasteiger partial charge in [-0.3, -0.25) is 4.68 Å². The Kier molecular flexibility index (Phi) is 8.41. The van der Waals surface area contributed by atoms with Crippen LogP contribution in [0, 0.1) is 6.92 Å². The molecule has 2 bridgehead atoms. The van der Waals surface area contributed by atoms with E-state index in [9.17, 15) is 4.79 Å². The van der Waals surface area contributed by atoms with Crippen molar-refractivity contribution in [1.82, 2.24) is 29.6 Å². The van der Waals surface area contributed by atoms with E-state index in [2.05, 4.69) is 58.7 Å². The number of ether oxygens (including phenoxy) is 2. The van der Waals surface area contributed by atoms with Crippen LogP contribution >= 0.6 is 11.6 Å². The van der Waals surface area contributed by atoms with E-state index in [1.54, 1.807) is 4.68 Å². The zero-order valence-corrected chi connectivity index (χ0v) is 29.5. The number of nitrogens with zero attached hydrogens (tertiary/aromatic N) is 6. The summed E-state index contributed by atoms with van der Waals surface area (Å²) >= 11 is 7.05. The number of amides is 1. The van der Waals surface area contributed by atoms with Crippen LogP contribution in [0.15, 0.2) is 24.7 Å².